The Balaban J connectivity index is 1.82. The minimum absolute atomic E-state index is 0.0732. The van der Waals surface area contributed by atoms with Gasteiger partial charge in [0.2, 0.25) is 0 Å². The van der Waals surface area contributed by atoms with Crippen molar-refractivity contribution in [3.8, 4) is 22.8 Å². The molecule has 0 aliphatic heterocycles. The standard InChI is InChI=1S/C21H23NO4/c1-22(2)10-4-3-5-14-6-8-15(9-7-14)19-13-18(25)21-17(24)11-16(23)12-20(21)26-19/h6-9,11-13,23-24H,3-5,10H2,1-2H3. The fraction of sp³-hybridized carbons (Fsp3) is 0.286. The molecule has 1 aromatic heterocycles. The van der Waals surface area contributed by atoms with E-state index in [-0.39, 0.29) is 27.9 Å². The molecule has 0 amide bonds. The summed E-state index contributed by atoms with van der Waals surface area (Å²) in [5.41, 5.74) is 1.85. The molecular weight excluding hydrogens is 330 g/mol. The second-order valence-corrected chi connectivity index (χ2v) is 6.77. The summed E-state index contributed by atoms with van der Waals surface area (Å²) in [6.45, 7) is 1.08. The summed E-state index contributed by atoms with van der Waals surface area (Å²) in [7, 11) is 4.15. The van der Waals surface area contributed by atoms with Crippen molar-refractivity contribution >= 4 is 11.0 Å². The van der Waals surface area contributed by atoms with Crippen molar-refractivity contribution in [1.82, 2.24) is 4.90 Å². The maximum Gasteiger partial charge on any atom is 0.197 e. The zero-order valence-electron chi connectivity index (χ0n) is 15.0. The Hall–Kier alpha value is -2.79. The molecule has 0 atom stereocenters. The van der Waals surface area contributed by atoms with Crippen LogP contribution in [0, 0.1) is 0 Å². The molecule has 0 saturated carbocycles. The van der Waals surface area contributed by atoms with E-state index in [1.165, 1.54) is 17.7 Å². The van der Waals surface area contributed by atoms with Gasteiger partial charge in [-0.25, -0.2) is 0 Å². The number of unbranched alkanes of at least 4 members (excludes halogenated alkanes) is 1. The van der Waals surface area contributed by atoms with Crippen LogP contribution in [0.5, 0.6) is 11.5 Å². The number of benzene rings is 2. The summed E-state index contributed by atoms with van der Waals surface area (Å²) in [5, 5.41) is 19.5. The number of nitrogens with zero attached hydrogens (tertiary/aromatic N) is 1. The Bertz CT molecular complexity index is 958. The van der Waals surface area contributed by atoms with Crippen LogP contribution in [0.15, 0.2) is 51.7 Å². The Labute approximate surface area is 152 Å². The van der Waals surface area contributed by atoms with Crippen molar-refractivity contribution in [3.05, 3.63) is 58.3 Å². The molecule has 5 heteroatoms. The van der Waals surface area contributed by atoms with Gasteiger partial charge < -0.3 is 19.5 Å². The minimum atomic E-state index is -0.341. The number of aryl methyl sites for hydroxylation is 1. The van der Waals surface area contributed by atoms with Gasteiger partial charge in [0.1, 0.15) is 28.2 Å². The second-order valence-electron chi connectivity index (χ2n) is 6.77. The highest BCUT2D eigenvalue weighted by molar-refractivity contribution is 5.85. The Morgan fingerprint density at radius 3 is 2.42 bits per heavy atom. The number of hydrogen-bond donors (Lipinski definition) is 2. The van der Waals surface area contributed by atoms with Crippen LogP contribution in [0.1, 0.15) is 18.4 Å². The highest BCUT2D eigenvalue weighted by atomic mass is 16.3. The predicted octanol–water partition coefficient (Wildman–Crippen LogP) is 3.76. The molecule has 26 heavy (non-hydrogen) atoms. The van der Waals surface area contributed by atoms with Crippen molar-refractivity contribution in [3.63, 3.8) is 0 Å². The quantitative estimate of drug-likeness (QED) is 0.660. The van der Waals surface area contributed by atoms with E-state index < -0.39 is 0 Å². The van der Waals surface area contributed by atoms with Gasteiger partial charge in [-0.15, -0.1) is 0 Å². The number of rotatable bonds is 6. The van der Waals surface area contributed by atoms with Crippen molar-refractivity contribution < 1.29 is 14.6 Å². The van der Waals surface area contributed by atoms with Gasteiger partial charge in [-0.3, -0.25) is 4.79 Å². The third-order valence-corrected chi connectivity index (χ3v) is 4.35. The molecular formula is C21H23NO4. The van der Waals surface area contributed by atoms with Gasteiger partial charge in [0.25, 0.3) is 0 Å². The van der Waals surface area contributed by atoms with Gasteiger partial charge in [-0.2, -0.15) is 0 Å². The van der Waals surface area contributed by atoms with Crippen molar-refractivity contribution in [2.75, 3.05) is 20.6 Å². The monoisotopic (exact) mass is 353 g/mol. The second kappa shape index (κ2) is 7.62. The van der Waals surface area contributed by atoms with Crippen LogP contribution in [0.25, 0.3) is 22.3 Å². The van der Waals surface area contributed by atoms with Crippen LogP contribution in [-0.2, 0) is 6.42 Å². The number of hydrogen-bond acceptors (Lipinski definition) is 5. The molecule has 2 N–H and O–H groups in total. The number of aromatic hydroxyl groups is 2. The fourth-order valence-electron chi connectivity index (χ4n) is 2.99. The first-order valence-corrected chi connectivity index (χ1v) is 8.68. The average Bonchev–Trinajstić information content (AvgIpc) is 2.58. The molecule has 0 fully saturated rings. The van der Waals surface area contributed by atoms with E-state index in [9.17, 15) is 15.0 Å². The maximum absolute atomic E-state index is 12.3. The smallest absolute Gasteiger partial charge is 0.197 e. The van der Waals surface area contributed by atoms with Crippen LogP contribution in [0.3, 0.4) is 0 Å². The van der Waals surface area contributed by atoms with Gasteiger partial charge in [-0.1, -0.05) is 24.3 Å². The topological polar surface area (TPSA) is 73.9 Å². The van der Waals surface area contributed by atoms with Crippen LogP contribution in [0.2, 0.25) is 0 Å². The third-order valence-electron chi connectivity index (χ3n) is 4.35. The molecule has 0 aliphatic rings. The molecule has 0 radical (unpaired) electrons. The molecule has 0 aliphatic carbocycles. The predicted molar refractivity (Wildman–Crippen MR) is 103 cm³/mol. The lowest BCUT2D eigenvalue weighted by Gasteiger charge is -2.09. The number of phenolic OH excluding ortho intramolecular Hbond substituents is 2. The zero-order valence-corrected chi connectivity index (χ0v) is 15.0. The van der Waals surface area contributed by atoms with Gasteiger partial charge in [-0.05, 0) is 45.5 Å². The lowest BCUT2D eigenvalue weighted by Crippen LogP contribution is -2.12. The Morgan fingerprint density at radius 1 is 1.00 bits per heavy atom. The van der Waals surface area contributed by atoms with E-state index in [2.05, 4.69) is 19.0 Å². The molecule has 2 aromatic carbocycles. The molecule has 3 aromatic rings. The average molecular weight is 353 g/mol. The molecule has 0 bridgehead atoms. The first-order chi connectivity index (χ1) is 12.4. The summed E-state index contributed by atoms with van der Waals surface area (Å²) in [6, 6.07) is 11.8. The molecule has 0 spiro atoms. The van der Waals surface area contributed by atoms with Crippen LogP contribution < -0.4 is 5.43 Å². The molecule has 0 unspecified atom stereocenters. The van der Waals surface area contributed by atoms with E-state index in [0.29, 0.717) is 5.76 Å². The van der Waals surface area contributed by atoms with Crippen molar-refractivity contribution in [1.29, 1.82) is 0 Å². The molecule has 3 rings (SSSR count). The normalized spacial score (nSPS) is 11.3. The van der Waals surface area contributed by atoms with Gasteiger partial charge in [0.05, 0.1) is 0 Å². The van der Waals surface area contributed by atoms with Gasteiger partial charge in [0, 0.05) is 23.8 Å². The summed E-state index contributed by atoms with van der Waals surface area (Å²) in [5.74, 6) is -0.0246. The van der Waals surface area contributed by atoms with E-state index in [4.69, 9.17) is 4.42 Å². The lowest BCUT2D eigenvalue weighted by atomic mass is 10.0. The van der Waals surface area contributed by atoms with Gasteiger partial charge >= 0.3 is 0 Å². The van der Waals surface area contributed by atoms with Crippen LogP contribution in [-0.4, -0.2) is 35.8 Å². The van der Waals surface area contributed by atoms with E-state index in [1.54, 1.807) is 0 Å². The maximum atomic E-state index is 12.3. The zero-order chi connectivity index (χ0) is 18.7. The van der Waals surface area contributed by atoms with Gasteiger partial charge in [0.15, 0.2) is 5.43 Å². The Kier molecular flexibility index (Phi) is 5.28. The fourth-order valence-corrected chi connectivity index (χ4v) is 2.99. The molecule has 5 nitrogen and oxygen atoms in total. The number of phenols is 2. The van der Waals surface area contributed by atoms with Crippen LogP contribution >= 0.6 is 0 Å². The first-order valence-electron chi connectivity index (χ1n) is 8.68. The first kappa shape index (κ1) is 18.0. The Morgan fingerprint density at radius 2 is 1.73 bits per heavy atom. The SMILES string of the molecule is CN(C)CCCCc1ccc(-c2cc(=O)c3c(O)cc(O)cc3o2)cc1. The van der Waals surface area contributed by atoms with E-state index in [1.807, 2.05) is 24.3 Å². The molecule has 0 saturated heterocycles. The summed E-state index contributed by atoms with van der Waals surface area (Å²) >= 11 is 0. The summed E-state index contributed by atoms with van der Waals surface area (Å²) in [4.78, 5) is 14.5. The summed E-state index contributed by atoms with van der Waals surface area (Å²) < 4.78 is 5.73. The number of fused-ring (bicyclic) bond motifs is 1. The van der Waals surface area contributed by atoms with Crippen molar-refractivity contribution in [2.45, 2.75) is 19.3 Å². The summed E-state index contributed by atoms with van der Waals surface area (Å²) in [6.07, 6.45) is 3.29. The van der Waals surface area contributed by atoms with E-state index in [0.717, 1.165) is 37.4 Å². The van der Waals surface area contributed by atoms with Crippen LogP contribution in [0.4, 0.5) is 0 Å². The highest BCUT2D eigenvalue weighted by Gasteiger charge is 2.12. The largest absolute Gasteiger partial charge is 0.508 e. The van der Waals surface area contributed by atoms with E-state index >= 15 is 0 Å². The lowest BCUT2D eigenvalue weighted by molar-refractivity contribution is 0.394. The highest BCUT2D eigenvalue weighted by Crippen LogP contribution is 2.30. The molecule has 1 heterocycles. The third kappa shape index (κ3) is 4.06. The molecule has 136 valence electrons. The minimum Gasteiger partial charge on any atom is -0.508 e. The van der Waals surface area contributed by atoms with Crippen molar-refractivity contribution in [2.24, 2.45) is 0 Å².